The number of alkyl halides is 3. The van der Waals surface area contributed by atoms with Crippen LogP contribution >= 0.6 is 0 Å². The molecule has 37 heavy (non-hydrogen) atoms. The van der Waals surface area contributed by atoms with Gasteiger partial charge in [-0.3, -0.25) is 14.5 Å². The van der Waals surface area contributed by atoms with Gasteiger partial charge in [0.15, 0.2) is 11.5 Å². The van der Waals surface area contributed by atoms with Crippen LogP contribution in [0.4, 0.5) is 19.0 Å². The lowest BCUT2D eigenvalue weighted by Gasteiger charge is -2.13. The number of anilines is 1. The van der Waals surface area contributed by atoms with Gasteiger partial charge in [0.2, 0.25) is 0 Å². The molecule has 1 aromatic carbocycles. The Balaban J connectivity index is 1.52. The topological polar surface area (TPSA) is 124 Å². The summed E-state index contributed by atoms with van der Waals surface area (Å²) in [5.41, 5.74) is 7.59. The van der Waals surface area contributed by atoms with Crippen molar-refractivity contribution in [2.45, 2.75) is 12.7 Å². The number of amides is 1. The molecule has 0 saturated carbocycles. The summed E-state index contributed by atoms with van der Waals surface area (Å²) < 4.78 is 40.5. The lowest BCUT2D eigenvalue weighted by Crippen LogP contribution is -2.26. The molecule has 0 fully saturated rings. The van der Waals surface area contributed by atoms with Crippen molar-refractivity contribution in [1.29, 1.82) is 0 Å². The zero-order chi connectivity index (χ0) is 26.2. The zero-order valence-corrected chi connectivity index (χ0v) is 19.4. The molecule has 0 saturated heterocycles. The molecule has 12 heteroatoms. The molecule has 4 aromatic heterocycles. The minimum Gasteiger partial charge on any atom is -0.382 e. The van der Waals surface area contributed by atoms with E-state index in [9.17, 15) is 18.0 Å². The molecule has 0 atom stereocenters. The van der Waals surface area contributed by atoms with E-state index in [-0.39, 0.29) is 23.8 Å². The average Bonchev–Trinajstić information content (AvgIpc) is 3.32. The highest BCUT2D eigenvalue weighted by Gasteiger charge is 2.32. The number of aryl methyl sites for hydroxylation is 1. The van der Waals surface area contributed by atoms with Gasteiger partial charge in [-0.2, -0.15) is 18.3 Å². The van der Waals surface area contributed by atoms with E-state index in [2.05, 4.69) is 30.4 Å². The summed E-state index contributed by atoms with van der Waals surface area (Å²) in [4.78, 5) is 29.8. The van der Waals surface area contributed by atoms with E-state index < -0.39 is 17.8 Å². The van der Waals surface area contributed by atoms with Crippen LogP contribution in [0.1, 0.15) is 21.9 Å². The van der Waals surface area contributed by atoms with Crippen molar-refractivity contribution in [3.05, 3.63) is 84.1 Å². The second kappa shape index (κ2) is 9.30. The molecule has 0 unspecified atom stereocenters. The number of carbonyl (C=O) groups is 1. The molecule has 5 rings (SSSR count). The highest BCUT2D eigenvalue weighted by atomic mass is 19.4. The standard InChI is InChI=1S/C25H19F3N8O/c1-36-11-9-18(35-36)21-20(15-7-8-17-14(12-15)4-3-10-30-17)33-22(23(29)34-21)24(37)31-13-16-5-2-6-19(32-16)25(26,27)28/h2-12H,13H2,1H3,(H2,29,34)(H,31,37). The number of aromatic nitrogens is 6. The van der Waals surface area contributed by atoms with Crippen molar-refractivity contribution < 1.29 is 18.0 Å². The van der Waals surface area contributed by atoms with E-state index in [0.717, 1.165) is 17.0 Å². The highest BCUT2D eigenvalue weighted by molar-refractivity contribution is 5.98. The summed E-state index contributed by atoms with van der Waals surface area (Å²) in [6.07, 6.45) is -1.17. The number of rotatable bonds is 5. The Morgan fingerprint density at radius 1 is 1.03 bits per heavy atom. The lowest BCUT2D eigenvalue weighted by molar-refractivity contribution is -0.141. The normalized spacial score (nSPS) is 11.6. The minimum atomic E-state index is -4.60. The van der Waals surface area contributed by atoms with Crippen molar-refractivity contribution in [1.82, 2.24) is 35.0 Å². The molecule has 0 bridgehead atoms. The van der Waals surface area contributed by atoms with E-state index in [0.29, 0.717) is 22.6 Å². The van der Waals surface area contributed by atoms with Crippen LogP contribution < -0.4 is 11.1 Å². The van der Waals surface area contributed by atoms with Gasteiger partial charge in [-0.1, -0.05) is 18.2 Å². The molecule has 9 nitrogen and oxygen atoms in total. The number of nitrogens with one attached hydrogen (secondary N) is 1. The maximum absolute atomic E-state index is 13.0. The first-order valence-electron chi connectivity index (χ1n) is 11.0. The van der Waals surface area contributed by atoms with E-state index in [1.807, 2.05) is 18.2 Å². The smallest absolute Gasteiger partial charge is 0.382 e. The second-order valence-electron chi connectivity index (χ2n) is 8.13. The molecule has 0 radical (unpaired) electrons. The van der Waals surface area contributed by atoms with Crippen LogP contribution in [-0.4, -0.2) is 35.6 Å². The van der Waals surface area contributed by atoms with Crippen molar-refractivity contribution in [3.8, 4) is 22.6 Å². The molecule has 1 amide bonds. The average molecular weight is 504 g/mol. The van der Waals surface area contributed by atoms with Crippen molar-refractivity contribution in [2.75, 3.05) is 5.73 Å². The highest BCUT2D eigenvalue weighted by Crippen LogP contribution is 2.31. The summed E-state index contributed by atoms with van der Waals surface area (Å²) in [5, 5.41) is 7.77. The number of pyridine rings is 2. The van der Waals surface area contributed by atoms with Gasteiger partial charge in [0.25, 0.3) is 5.91 Å². The fraction of sp³-hybridized carbons (Fsp3) is 0.120. The summed E-state index contributed by atoms with van der Waals surface area (Å²) in [7, 11) is 1.76. The van der Waals surface area contributed by atoms with Gasteiger partial charge in [-0.25, -0.2) is 15.0 Å². The quantitative estimate of drug-likeness (QED) is 0.370. The third kappa shape index (κ3) is 4.94. The Morgan fingerprint density at radius 2 is 1.86 bits per heavy atom. The maximum atomic E-state index is 13.0. The number of halogens is 3. The third-order valence-electron chi connectivity index (χ3n) is 5.50. The fourth-order valence-electron chi connectivity index (χ4n) is 3.75. The number of benzene rings is 1. The first-order chi connectivity index (χ1) is 17.7. The molecule has 186 valence electrons. The van der Waals surface area contributed by atoms with Gasteiger partial charge < -0.3 is 11.1 Å². The number of nitrogen functional groups attached to an aromatic ring is 1. The summed E-state index contributed by atoms with van der Waals surface area (Å²) >= 11 is 0. The number of hydrogen-bond acceptors (Lipinski definition) is 7. The Morgan fingerprint density at radius 3 is 2.62 bits per heavy atom. The van der Waals surface area contributed by atoms with Crippen LogP contribution in [0.15, 0.2) is 67.0 Å². The molecular weight excluding hydrogens is 485 g/mol. The number of hydrogen-bond donors (Lipinski definition) is 2. The van der Waals surface area contributed by atoms with Gasteiger partial charge in [-0.15, -0.1) is 0 Å². The monoisotopic (exact) mass is 504 g/mol. The number of nitrogens with zero attached hydrogens (tertiary/aromatic N) is 6. The van der Waals surface area contributed by atoms with Crippen LogP contribution in [0, 0.1) is 0 Å². The predicted molar refractivity (Wildman–Crippen MR) is 130 cm³/mol. The summed E-state index contributed by atoms with van der Waals surface area (Å²) in [5.74, 6) is -0.859. The summed E-state index contributed by atoms with van der Waals surface area (Å²) in [6.45, 7) is -0.261. The lowest BCUT2D eigenvalue weighted by atomic mass is 10.0. The van der Waals surface area contributed by atoms with Crippen LogP contribution in [0.5, 0.6) is 0 Å². The van der Waals surface area contributed by atoms with E-state index >= 15 is 0 Å². The molecule has 0 aliphatic rings. The Labute approximate surface area is 208 Å². The first-order valence-corrected chi connectivity index (χ1v) is 11.0. The van der Waals surface area contributed by atoms with Crippen LogP contribution in [0.2, 0.25) is 0 Å². The largest absolute Gasteiger partial charge is 0.433 e. The first kappa shape index (κ1) is 23.9. The van der Waals surface area contributed by atoms with Gasteiger partial charge >= 0.3 is 6.18 Å². The Bertz CT molecular complexity index is 1630. The summed E-state index contributed by atoms with van der Waals surface area (Å²) in [6, 6.07) is 14.4. The van der Waals surface area contributed by atoms with Gasteiger partial charge in [-0.05, 0) is 36.4 Å². The van der Waals surface area contributed by atoms with E-state index in [1.165, 1.54) is 12.1 Å². The zero-order valence-electron chi connectivity index (χ0n) is 19.4. The molecule has 0 aliphatic carbocycles. The van der Waals surface area contributed by atoms with Gasteiger partial charge in [0.1, 0.15) is 17.1 Å². The Hall–Kier alpha value is -4.87. The van der Waals surface area contributed by atoms with Gasteiger partial charge in [0.05, 0.1) is 23.4 Å². The van der Waals surface area contributed by atoms with E-state index in [1.54, 1.807) is 42.3 Å². The molecule has 5 aromatic rings. The van der Waals surface area contributed by atoms with Crippen molar-refractivity contribution >= 4 is 22.6 Å². The maximum Gasteiger partial charge on any atom is 0.433 e. The molecular formula is C25H19F3N8O. The fourth-order valence-corrected chi connectivity index (χ4v) is 3.75. The van der Waals surface area contributed by atoms with E-state index in [4.69, 9.17) is 5.73 Å². The number of nitrogens with two attached hydrogens (primary N) is 1. The molecule has 0 spiro atoms. The second-order valence-corrected chi connectivity index (χ2v) is 8.13. The van der Waals surface area contributed by atoms with Crippen LogP contribution in [0.25, 0.3) is 33.5 Å². The van der Waals surface area contributed by atoms with Gasteiger partial charge in [0, 0.05) is 30.4 Å². The van der Waals surface area contributed by atoms with Crippen LogP contribution in [0.3, 0.4) is 0 Å². The Kier molecular flexibility index (Phi) is 5.99. The number of carbonyl (C=O) groups excluding carboxylic acids is 1. The van der Waals surface area contributed by atoms with Crippen molar-refractivity contribution in [3.63, 3.8) is 0 Å². The molecule has 0 aliphatic heterocycles. The van der Waals surface area contributed by atoms with Crippen LogP contribution in [-0.2, 0) is 19.8 Å². The minimum absolute atomic E-state index is 0.0297. The SMILES string of the molecule is Cn1ccc(-c2nc(N)c(C(=O)NCc3cccc(C(F)(F)F)n3)nc2-c2ccc3ncccc3c2)n1. The van der Waals surface area contributed by atoms with Crippen molar-refractivity contribution in [2.24, 2.45) is 7.05 Å². The number of fused-ring (bicyclic) bond motifs is 1. The predicted octanol–water partition coefficient (Wildman–Crippen LogP) is 4.02. The molecule has 3 N–H and O–H groups in total. The molecule has 4 heterocycles. The third-order valence-corrected chi connectivity index (χ3v) is 5.50.